The Kier molecular flexibility index (Phi) is 3.03. The molecule has 0 bridgehead atoms. The van der Waals surface area contributed by atoms with Crippen LogP contribution < -0.4 is 0 Å². The van der Waals surface area contributed by atoms with Gasteiger partial charge in [0, 0.05) is 6.04 Å². The molecule has 0 radical (unpaired) electrons. The number of morpholine rings is 1. The van der Waals surface area contributed by atoms with Crippen LogP contribution in [-0.2, 0) is 9.53 Å². The molecular weight excluding hydrogens is 250 g/mol. The molecule has 0 spiro atoms. The maximum atomic E-state index is 12.1. The van der Waals surface area contributed by atoms with E-state index >= 15 is 0 Å². The Bertz CT molecular complexity index is 501. The number of benzene rings is 1. The van der Waals surface area contributed by atoms with Crippen molar-refractivity contribution in [3.8, 4) is 0 Å². The maximum Gasteiger partial charge on any atom is 0.323 e. The first-order valence-corrected chi connectivity index (χ1v) is 7.83. The van der Waals surface area contributed by atoms with Crippen molar-refractivity contribution in [1.82, 2.24) is 4.90 Å². The van der Waals surface area contributed by atoms with E-state index in [4.69, 9.17) is 4.74 Å². The number of rotatable bonds is 1. The zero-order valence-corrected chi connectivity index (χ0v) is 11.7. The van der Waals surface area contributed by atoms with E-state index < -0.39 is 0 Å². The summed E-state index contributed by atoms with van der Waals surface area (Å²) in [5.41, 5.74) is 1.29. The Balaban J connectivity index is 1.69. The van der Waals surface area contributed by atoms with Gasteiger partial charge in [0.15, 0.2) is 0 Å². The van der Waals surface area contributed by atoms with Crippen LogP contribution in [0.2, 0.25) is 0 Å². The summed E-state index contributed by atoms with van der Waals surface area (Å²) in [7, 11) is 0. The number of ether oxygens (including phenoxy) is 1. The summed E-state index contributed by atoms with van der Waals surface area (Å²) < 4.78 is 5.48. The van der Waals surface area contributed by atoms with Crippen molar-refractivity contribution >= 4 is 5.97 Å². The summed E-state index contributed by atoms with van der Waals surface area (Å²) in [6.45, 7) is 0.516. The van der Waals surface area contributed by atoms with Gasteiger partial charge in [-0.3, -0.25) is 9.69 Å². The van der Waals surface area contributed by atoms with Crippen LogP contribution in [0.4, 0.5) is 0 Å². The normalized spacial score (nSPS) is 37.1. The molecule has 3 aliphatic rings. The van der Waals surface area contributed by atoms with E-state index in [2.05, 4.69) is 29.2 Å². The summed E-state index contributed by atoms with van der Waals surface area (Å²) in [5, 5.41) is 0. The van der Waals surface area contributed by atoms with Gasteiger partial charge in [0.1, 0.15) is 12.6 Å². The Hall–Kier alpha value is -1.35. The standard InChI is InChI=1S/C17H21NO2/c19-17-15-10-13-8-4-5-9-14(13)18(15)16(11-20-17)12-6-2-1-3-7-12/h1-3,6-7,13-16H,4-5,8-11H2. The molecule has 0 N–H and O–H groups in total. The van der Waals surface area contributed by atoms with E-state index in [0.29, 0.717) is 18.6 Å². The van der Waals surface area contributed by atoms with Gasteiger partial charge in [-0.2, -0.15) is 0 Å². The Morgan fingerprint density at radius 2 is 1.85 bits per heavy atom. The average molecular weight is 271 g/mol. The number of fused-ring (bicyclic) bond motifs is 3. The van der Waals surface area contributed by atoms with Crippen LogP contribution in [0.1, 0.15) is 43.7 Å². The molecule has 2 aliphatic heterocycles. The van der Waals surface area contributed by atoms with Crippen molar-refractivity contribution in [2.75, 3.05) is 6.61 Å². The minimum absolute atomic E-state index is 0.00190. The molecule has 20 heavy (non-hydrogen) atoms. The number of nitrogens with zero attached hydrogens (tertiary/aromatic N) is 1. The van der Waals surface area contributed by atoms with Gasteiger partial charge in [-0.25, -0.2) is 0 Å². The fourth-order valence-electron chi connectivity index (χ4n) is 4.45. The van der Waals surface area contributed by atoms with E-state index in [9.17, 15) is 4.79 Å². The van der Waals surface area contributed by atoms with Gasteiger partial charge in [-0.15, -0.1) is 0 Å². The lowest BCUT2D eigenvalue weighted by Gasteiger charge is -2.41. The largest absolute Gasteiger partial charge is 0.462 e. The van der Waals surface area contributed by atoms with Crippen LogP contribution in [0.3, 0.4) is 0 Å². The van der Waals surface area contributed by atoms with Crippen LogP contribution in [0.15, 0.2) is 30.3 Å². The van der Waals surface area contributed by atoms with E-state index in [1.807, 2.05) is 6.07 Å². The Morgan fingerprint density at radius 3 is 2.70 bits per heavy atom. The summed E-state index contributed by atoms with van der Waals surface area (Å²) in [4.78, 5) is 14.6. The fraction of sp³-hybridized carbons (Fsp3) is 0.588. The molecule has 106 valence electrons. The molecule has 1 aliphatic carbocycles. The van der Waals surface area contributed by atoms with E-state index in [0.717, 1.165) is 6.42 Å². The molecule has 4 atom stereocenters. The average Bonchev–Trinajstić information content (AvgIpc) is 2.89. The van der Waals surface area contributed by atoms with Crippen molar-refractivity contribution in [2.45, 2.75) is 50.2 Å². The molecule has 1 saturated carbocycles. The second-order valence-electron chi connectivity index (χ2n) is 6.37. The van der Waals surface area contributed by atoms with Crippen molar-refractivity contribution in [3.63, 3.8) is 0 Å². The topological polar surface area (TPSA) is 29.5 Å². The fourth-order valence-corrected chi connectivity index (χ4v) is 4.45. The molecule has 3 fully saturated rings. The van der Waals surface area contributed by atoms with Crippen LogP contribution in [0.25, 0.3) is 0 Å². The van der Waals surface area contributed by atoms with Crippen molar-refractivity contribution in [3.05, 3.63) is 35.9 Å². The SMILES string of the molecule is O=C1OCC(c2ccccc2)N2C1CC1CCCCC12. The van der Waals surface area contributed by atoms with Gasteiger partial charge in [-0.1, -0.05) is 43.2 Å². The summed E-state index contributed by atoms with van der Waals surface area (Å²) in [5.74, 6) is 0.706. The van der Waals surface area contributed by atoms with Gasteiger partial charge >= 0.3 is 5.97 Å². The third kappa shape index (κ3) is 1.87. The van der Waals surface area contributed by atoms with E-state index in [1.165, 1.54) is 31.2 Å². The molecule has 0 amide bonds. The third-order valence-electron chi connectivity index (χ3n) is 5.34. The summed E-state index contributed by atoms with van der Waals surface area (Å²) in [6, 6.07) is 11.4. The molecule has 1 aromatic rings. The minimum atomic E-state index is 0.00190. The lowest BCUT2D eigenvalue weighted by atomic mass is 9.84. The zero-order valence-electron chi connectivity index (χ0n) is 11.7. The quantitative estimate of drug-likeness (QED) is 0.736. The van der Waals surface area contributed by atoms with Gasteiger partial charge in [-0.05, 0) is 30.7 Å². The number of carbonyl (C=O) groups is 1. The van der Waals surface area contributed by atoms with Crippen LogP contribution in [-0.4, -0.2) is 29.6 Å². The highest BCUT2D eigenvalue weighted by Crippen LogP contribution is 2.46. The molecular formula is C17H21NO2. The Labute approximate surface area is 119 Å². The molecule has 1 aromatic carbocycles. The Morgan fingerprint density at radius 1 is 1.05 bits per heavy atom. The first-order chi connectivity index (χ1) is 9.84. The van der Waals surface area contributed by atoms with E-state index in [-0.39, 0.29) is 18.1 Å². The maximum absolute atomic E-state index is 12.1. The van der Waals surface area contributed by atoms with Gasteiger partial charge in [0.25, 0.3) is 0 Å². The highest BCUT2D eigenvalue weighted by molar-refractivity contribution is 5.77. The zero-order chi connectivity index (χ0) is 13.5. The van der Waals surface area contributed by atoms with Crippen LogP contribution >= 0.6 is 0 Å². The number of esters is 1. The number of hydrogen-bond acceptors (Lipinski definition) is 3. The third-order valence-corrected chi connectivity index (χ3v) is 5.34. The van der Waals surface area contributed by atoms with Gasteiger partial charge in [0.2, 0.25) is 0 Å². The number of cyclic esters (lactones) is 1. The molecule has 3 nitrogen and oxygen atoms in total. The summed E-state index contributed by atoms with van der Waals surface area (Å²) in [6.07, 6.45) is 6.17. The molecule has 4 unspecified atom stereocenters. The van der Waals surface area contributed by atoms with Gasteiger partial charge in [0.05, 0.1) is 6.04 Å². The molecule has 2 saturated heterocycles. The van der Waals surface area contributed by atoms with Crippen LogP contribution in [0, 0.1) is 5.92 Å². The molecule has 4 rings (SSSR count). The second-order valence-corrected chi connectivity index (χ2v) is 6.37. The first-order valence-electron chi connectivity index (χ1n) is 7.83. The molecule has 0 aromatic heterocycles. The summed E-state index contributed by atoms with van der Waals surface area (Å²) >= 11 is 0. The second kappa shape index (κ2) is 4.88. The lowest BCUT2D eigenvalue weighted by Crippen LogP contribution is -2.50. The lowest BCUT2D eigenvalue weighted by molar-refractivity contribution is -0.162. The molecule has 2 heterocycles. The smallest absolute Gasteiger partial charge is 0.323 e. The molecule has 3 heteroatoms. The number of hydrogen-bond donors (Lipinski definition) is 0. The van der Waals surface area contributed by atoms with Crippen molar-refractivity contribution < 1.29 is 9.53 Å². The van der Waals surface area contributed by atoms with Gasteiger partial charge < -0.3 is 4.74 Å². The monoisotopic (exact) mass is 271 g/mol. The predicted molar refractivity (Wildman–Crippen MR) is 76.1 cm³/mol. The predicted octanol–water partition coefficient (Wildman–Crippen LogP) is 2.92. The van der Waals surface area contributed by atoms with Crippen molar-refractivity contribution in [1.29, 1.82) is 0 Å². The van der Waals surface area contributed by atoms with Crippen LogP contribution in [0.5, 0.6) is 0 Å². The number of carbonyl (C=O) groups excluding carboxylic acids is 1. The van der Waals surface area contributed by atoms with E-state index in [1.54, 1.807) is 0 Å². The first kappa shape index (κ1) is 12.4. The highest BCUT2D eigenvalue weighted by Gasteiger charge is 2.51. The van der Waals surface area contributed by atoms with Crippen molar-refractivity contribution in [2.24, 2.45) is 5.92 Å². The minimum Gasteiger partial charge on any atom is -0.462 e. The highest BCUT2D eigenvalue weighted by atomic mass is 16.5.